The van der Waals surface area contributed by atoms with Crippen molar-refractivity contribution in [2.24, 2.45) is 0 Å². The molecule has 24 heavy (non-hydrogen) atoms. The van der Waals surface area contributed by atoms with Gasteiger partial charge in [-0.05, 0) is 24.3 Å². The summed E-state index contributed by atoms with van der Waals surface area (Å²) in [4.78, 5) is 0. The van der Waals surface area contributed by atoms with E-state index in [4.69, 9.17) is 4.52 Å². The monoisotopic (exact) mass is 335 g/mol. The summed E-state index contributed by atoms with van der Waals surface area (Å²) < 4.78 is 57.4. The minimum absolute atomic E-state index is 0.0771. The fourth-order valence-corrected chi connectivity index (χ4v) is 2.31. The molecule has 2 aromatic carbocycles. The Morgan fingerprint density at radius 1 is 1.17 bits per heavy atom. The van der Waals surface area contributed by atoms with Crippen molar-refractivity contribution in [3.05, 3.63) is 53.3 Å². The lowest BCUT2D eigenvalue weighted by Gasteiger charge is -2.08. The van der Waals surface area contributed by atoms with Gasteiger partial charge in [-0.25, -0.2) is 4.39 Å². The minimum atomic E-state index is -4.46. The molecule has 0 aliphatic rings. The first kappa shape index (κ1) is 16.4. The van der Waals surface area contributed by atoms with E-state index in [1.54, 1.807) is 26.2 Å². The summed E-state index contributed by atoms with van der Waals surface area (Å²) in [6, 6.07) is 7.85. The van der Waals surface area contributed by atoms with Gasteiger partial charge in [0.15, 0.2) is 11.4 Å². The number of hydrogen-bond donors (Lipinski definition) is 1. The Balaban J connectivity index is 1.85. The number of nitrogens with zero attached hydrogens (tertiary/aromatic N) is 1. The minimum Gasteiger partial charge on any atom is -0.363 e. The van der Waals surface area contributed by atoms with Crippen LogP contribution in [0, 0.1) is 5.82 Å². The number of fused-ring (bicyclic) bond motifs is 1. The third-order valence-electron chi connectivity index (χ3n) is 3.65. The maximum absolute atomic E-state index is 13.9. The number of alkyl halides is 3. The summed E-state index contributed by atoms with van der Waals surface area (Å²) in [5.74, 6) is -0.261. The molecule has 3 rings (SSSR count). The van der Waals surface area contributed by atoms with E-state index < -0.39 is 17.6 Å². The van der Waals surface area contributed by atoms with Crippen molar-refractivity contribution in [2.75, 3.05) is 5.32 Å². The molecule has 0 aliphatic carbocycles. The Morgan fingerprint density at radius 3 is 2.62 bits per heavy atom. The highest BCUT2D eigenvalue weighted by molar-refractivity contribution is 6.51. The molecule has 0 amide bonds. The van der Waals surface area contributed by atoms with Crippen molar-refractivity contribution in [2.45, 2.75) is 19.5 Å². The summed E-state index contributed by atoms with van der Waals surface area (Å²) in [6.45, 7) is 1.88. The van der Waals surface area contributed by atoms with Gasteiger partial charge in [0, 0.05) is 12.1 Å². The topological polar surface area (TPSA) is 38.1 Å². The van der Waals surface area contributed by atoms with E-state index in [1.165, 1.54) is 12.1 Å². The van der Waals surface area contributed by atoms with Gasteiger partial charge in [0.2, 0.25) is 0 Å². The summed E-state index contributed by atoms with van der Waals surface area (Å²) in [7, 11) is 1.77. The second kappa shape index (κ2) is 6.18. The lowest BCUT2D eigenvalue weighted by molar-refractivity contribution is -0.137. The quantitative estimate of drug-likeness (QED) is 0.579. The fraction of sp³-hybridized carbons (Fsp3) is 0.188. The molecule has 0 unspecified atom stereocenters. The molecule has 3 aromatic rings. The first-order valence-electron chi connectivity index (χ1n) is 7.17. The van der Waals surface area contributed by atoms with Gasteiger partial charge in [-0.2, -0.15) is 13.2 Å². The molecule has 8 heteroatoms. The SMILES string of the molecule is C[B]c1ccc(CNc2noc3ccc(C(F)(F)F)cc23)c(F)c1. The number of hydrogen-bond acceptors (Lipinski definition) is 3. The number of halogens is 4. The third-order valence-corrected chi connectivity index (χ3v) is 3.65. The van der Waals surface area contributed by atoms with Gasteiger partial charge >= 0.3 is 6.18 Å². The highest BCUT2D eigenvalue weighted by atomic mass is 19.4. The second-order valence-corrected chi connectivity index (χ2v) is 5.23. The summed E-state index contributed by atoms with van der Waals surface area (Å²) in [5.41, 5.74) is 0.554. The maximum atomic E-state index is 13.9. The van der Waals surface area contributed by atoms with E-state index >= 15 is 0 Å². The lowest BCUT2D eigenvalue weighted by atomic mass is 9.73. The molecule has 1 radical (unpaired) electrons. The predicted molar refractivity (Wildman–Crippen MR) is 84.0 cm³/mol. The molecular formula is C16H12BF4N2O. The van der Waals surface area contributed by atoms with Crippen LogP contribution in [0.5, 0.6) is 0 Å². The van der Waals surface area contributed by atoms with Gasteiger partial charge in [0.25, 0.3) is 0 Å². The molecule has 1 aromatic heterocycles. The van der Waals surface area contributed by atoms with Gasteiger partial charge in [0.1, 0.15) is 13.1 Å². The molecule has 1 heterocycles. The molecule has 1 N–H and O–H groups in total. The van der Waals surface area contributed by atoms with Crippen LogP contribution in [-0.4, -0.2) is 12.4 Å². The zero-order valence-electron chi connectivity index (χ0n) is 12.6. The molecule has 0 atom stereocenters. The molecule has 0 fully saturated rings. The van der Waals surface area contributed by atoms with Gasteiger partial charge < -0.3 is 9.84 Å². The standard InChI is InChI=1S/C16H12BF4N2O/c1-17-11-4-2-9(13(18)7-11)8-22-15-12-6-10(16(19,20)21)3-5-14(12)24-23-15/h2-7H,8H2,1H3,(H,22,23). The molecule has 0 aliphatic heterocycles. The van der Waals surface area contributed by atoms with Crippen molar-refractivity contribution in [3.63, 3.8) is 0 Å². The van der Waals surface area contributed by atoms with Crippen LogP contribution in [0.1, 0.15) is 11.1 Å². The second-order valence-electron chi connectivity index (χ2n) is 5.23. The number of anilines is 1. The van der Waals surface area contributed by atoms with E-state index in [2.05, 4.69) is 10.5 Å². The summed E-state index contributed by atoms with van der Waals surface area (Å²) in [6.07, 6.45) is -4.46. The zero-order chi connectivity index (χ0) is 17.3. The van der Waals surface area contributed by atoms with E-state index in [0.717, 1.165) is 17.6 Å². The molecular weight excluding hydrogens is 323 g/mol. The van der Waals surface area contributed by atoms with Crippen LogP contribution in [0.2, 0.25) is 6.82 Å². The van der Waals surface area contributed by atoms with Crippen molar-refractivity contribution in [1.29, 1.82) is 0 Å². The molecule has 0 spiro atoms. The van der Waals surface area contributed by atoms with Crippen molar-refractivity contribution in [3.8, 4) is 0 Å². The van der Waals surface area contributed by atoms with Crippen molar-refractivity contribution < 1.29 is 22.1 Å². The molecule has 0 saturated heterocycles. The summed E-state index contributed by atoms with van der Waals surface area (Å²) >= 11 is 0. The smallest absolute Gasteiger partial charge is 0.363 e. The van der Waals surface area contributed by atoms with E-state index in [1.807, 2.05) is 0 Å². The van der Waals surface area contributed by atoms with Crippen LogP contribution >= 0.6 is 0 Å². The highest BCUT2D eigenvalue weighted by Gasteiger charge is 2.31. The van der Waals surface area contributed by atoms with E-state index in [-0.39, 0.29) is 23.3 Å². The van der Waals surface area contributed by atoms with E-state index in [9.17, 15) is 17.6 Å². The van der Waals surface area contributed by atoms with Crippen LogP contribution in [-0.2, 0) is 12.7 Å². The molecule has 123 valence electrons. The van der Waals surface area contributed by atoms with Crippen LogP contribution in [0.15, 0.2) is 40.9 Å². The van der Waals surface area contributed by atoms with Gasteiger partial charge in [-0.15, -0.1) is 0 Å². The summed E-state index contributed by atoms with van der Waals surface area (Å²) in [5, 5.41) is 6.73. The average molecular weight is 335 g/mol. The normalized spacial score (nSPS) is 11.7. The van der Waals surface area contributed by atoms with Crippen LogP contribution < -0.4 is 10.8 Å². The highest BCUT2D eigenvalue weighted by Crippen LogP contribution is 2.33. The largest absolute Gasteiger partial charge is 0.416 e. The van der Waals surface area contributed by atoms with Gasteiger partial charge in [0.05, 0.1) is 10.9 Å². The predicted octanol–water partition coefficient (Wildman–Crippen LogP) is 3.98. The number of nitrogens with one attached hydrogen (secondary N) is 1. The first-order valence-corrected chi connectivity index (χ1v) is 7.17. The Bertz CT molecular complexity index is 876. The molecule has 3 nitrogen and oxygen atoms in total. The number of benzene rings is 2. The maximum Gasteiger partial charge on any atom is 0.416 e. The Hall–Kier alpha value is -2.51. The number of aromatic nitrogens is 1. The Morgan fingerprint density at radius 2 is 1.96 bits per heavy atom. The molecule has 0 saturated carbocycles. The number of rotatable bonds is 4. The Kier molecular flexibility index (Phi) is 4.21. The van der Waals surface area contributed by atoms with Crippen LogP contribution in [0.25, 0.3) is 11.0 Å². The van der Waals surface area contributed by atoms with Crippen molar-refractivity contribution in [1.82, 2.24) is 5.16 Å². The fourth-order valence-electron chi connectivity index (χ4n) is 2.31. The first-order chi connectivity index (χ1) is 11.4. The van der Waals surface area contributed by atoms with Crippen LogP contribution in [0.3, 0.4) is 0 Å². The van der Waals surface area contributed by atoms with Crippen LogP contribution in [0.4, 0.5) is 23.4 Å². The molecule has 0 bridgehead atoms. The van der Waals surface area contributed by atoms with Gasteiger partial charge in [-0.3, -0.25) is 0 Å². The Labute approximate surface area is 135 Å². The van der Waals surface area contributed by atoms with E-state index in [0.29, 0.717) is 5.56 Å². The van der Waals surface area contributed by atoms with Crippen molar-refractivity contribution >= 4 is 29.5 Å². The average Bonchev–Trinajstić information content (AvgIpc) is 2.95. The lowest BCUT2D eigenvalue weighted by Crippen LogP contribution is -2.13. The zero-order valence-corrected chi connectivity index (χ0v) is 12.6. The third kappa shape index (κ3) is 3.22. The van der Waals surface area contributed by atoms with Gasteiger partial charge in [-0.1, -0.05) is 29.6 Å².